The third kappa shape index (κ3) is 4.81. The van der Waals surface area contributed by atoms with E-state index in [9.17, 15) is 23.3 Å². The molecule has 0 unspecified atom stereocenters. The van der Waals surface area contributed by atoms with Crippen LogP contribution in [-0.2, 0) is 14.8 Å². The van der Waals surface area contributed by atoms with Gasteiger partial charge in [-0.3, -0.25) is 14.9 Å². The van der Waals surface area contributed by atoms with Crippen LogP contribution in [0.25, 0.3) is 0 Å². The summed E-state index contributed by atoms with van der Waals surface area (Å²) in [6.07, 6.45) is 0. The average molecular weight is 442 g/mol. The monoisotopic (exact) mass is 442 g/mol. The van der Waals surface area contributed by atoms with Gasteiger partial charge in [-0.15, -0.1) is 0 Å². The molecule has 3 rings (SSSR count). The Morgan fingerprint density at radius 3 is 2.19 bits per heavy atom. The summed E-state index contributed by atoms with van der Waals surface area (Å²) in [5.41, 5.74) is -0.266. The molecule has 0 aliphatic heterocycles. The van der Waals surface area contributed by atoms with Crippen LogP contribution >= 0.6 is 0 Å². The maximum Gasteiger partial charge on any atom is 0.310 e. The zero-order valence-corrected chi connectivity index (χ0v) is 17.2. The smallest absolute Gasteiger partial charge is 0.310 e. The van der Waals surface area contributed by atoms with Crippen LogP contribution in [0.5, 0.6) is 11.5 Å². The van der Waals surface area contributed by atoms with Crippen molar-refractivity contribution >= 4 is 27.3 Å². The first-order chi connectivity index (χ1) is 14.8. The molecule has 160 valence electrons. The van der Waals surface area contributed by atoms with Crippen molar-refractivity contribution in [3.05, 3.63) is 89.0 Å². The lowest BCUT2D eigenvalue weighted by atomic mass is 10.3. The highest BCUT2D eigenvalue weighted by Gasteiger charge is 2.31. The number of benzene rings is 3. The molecule has 3 aromatic rings. The molecule has 0 spiro atoms. The summed E-state index contributed by atoms with van der Waals surface area (Å²) < 4.78 is 37.5. The number of nitro groups is 1. The molecule has 9 nitrogen and oxygen atoms in total. The van der Waals surface area contributed by atoms with E-state index in [4.69, 9.17) is 9.47 Å². The van der Waals surface area contributed by atoms with Crippen molar-refractivity contribution in [3.63, 3.8) is 0 Å². The van der Waals surface area contributed by atoms with E-state index in [1.54, 1.807) is 6.07 Å². The summed E-state index contributed by atoms with van der Waals surface area (Å²) >= 11 is 0. The van der Waals surface area contributed by atoms with Crippen LogP contribution in [0, 0.1) is 10.1 Å². The van der Waals surface area contributed by atoms with Gasteiger partial charge in [-0.05, 0) is 42.5 Å². The molecule has 0 aliphatic carbocycles. The van der Waals surface area contributed by atoms with E-state index in [0.29, 0.717) is 10.1 Å². The number of sulfonamides is 1. The second-order valence-electron chi connectivity index (χ2n) is 6.19. The van der Waals surface area contributed by atoms with Crippen LogP contribution in [0.4, 0.5) is 11.4 Å². The van der Waals surface area contributed by atoms with Crippen molar-refractivity contribution in [2.24, 2.45) is 0 Å². The summed E-state index contributed by atoms with van der Waals surface area (Å²) in [5, 5.41) is 11.1. The van der Waals surface area contributed by atoms with Gasteiger partial charge in [-0.2, -0.15) is 4.31 Å². The van der Waals surface area contributed by atoms with E-state index < -0.39 is 27.5 Å². The predicted molar refractivity (Wildman–Crippen MR) is 113 cm³/mol. The Morgan fingerprint density at radius 2 is 1.58 bits per heavy atom. The van der Waals surface area contributed by atoms with Crippen molar-refractivity contribution in [2.45, 2.75) is 4.90 Å². The SMILES string of the molecule is COc1ccc(N(C(=O)COc2ccccc2[N+](=O)[O-])S(=O)(=O)c2ccccc2)cc1. The zero-order chi connectivity index (χ0) is 22.4. The third-order valence-corrected chi connectivity index (χ3v) is 5.99. The van der Waals surface area contributed by atoms with E-state index >= 15 is 0 Å². The van der Waals surface area contributed by atoms with Gasteiger partial charge in [0, 0.05) is 6.07 Å². The van der Waals surface area contributed by atoms with Crippen molar-refractivity contribution < 1.29 is 27.6 Å². The van der Waals surface area contributed by atoms with Crippen LogP contribution in [0.3, 0.4) is 0 Å². The Labute approximate surface area is 178 Å². The fourth-order valence-electron chi connectivity index (χ4n) is 2.76. The lowest BCUT2D eigenvalue weighted by Crippen LogP contribution is -2.40. The van der Waals surface area contributed by atoms with Crippen LogP contribution in [0.1, 0.15) is 0 Å². The van der Waals surface area contributed by atoms with Gasteiger partial charge >= 0.3 is 5.69 Å². The molecule has 0 N–H and O–H groups in total. The Balaban J connectivity index is 1.96. The molecule has 0 radical (unpaired) electrons. The van der Waals surface area contributed by atoms with Crippen LogP contribution in [0.2, 0.25) is 0 Å². The standard InChI is InChI=1S/C21H18N2O7S/c1-29-17-13-11-16(12-14-17)22(31(27,28)18-7-3-2-4-8-18)21(24)15-30-20-10-6-5-9-19(20)23(25)26/h2-14H,15H2,1H3. The Morgan fingerprint density at radius 1 is 0.968 bits per heavy atom. The maximum absolute atomic E-state index is 13.2. The number of nitrogens with zero attached hydrogens (tertiary/aromatic N) is 2. The lowest BCUT2D eigenvalue weighted by Gasteiger charge is -2.23. The van der Waals surface area contributed by atoms with Crippen molar-refractivity contribution in [3.8, 4) is 11.5 Å². The largest absolute Gasteiger partial charge is 0.497 e. The number of hydrogen-bond donors (Lipinski definition) is 0. The maximum atomic E-state index is 13.2. The minimum atomic E-state index is -4.27. The van der Waals surface area contributed by atoms with Crippen LogP contribution in [-0.4, -0.2) is 33.0 Å². The molecular weight excluding hydrogens is 424 g/mol. The first kappa shape index (κ1) is 21.8. The average Bonchev–Trinajstić information content (AvgIpc) is 2.79. The van der Waals surface area contributed by atoms with Gasteiger partial charge in [0.05, 0.1) is 22.6 Å². The minimum absolute atomic E-state index is 0.0702. The molecule has 0 atom stereocenters. The van der Waals surface area contributed by atoms with Crippen molar-refractivity contribution in [1.82, 2.24) is 0 Å². The quantitative estimate of drug-likeness (QED) is 0.388. The normalized spacial score (nSPS) is 10.9. The lowest BCUT2D eigenvalue weighted by molar-refractivity contribution is -0.385. The summed E-state index contributed by atoms with van der Waals surface area (Å²) in [7, 11) is -2.82. The van der Waals surface area contributed by atoms with Gasteiger partial charge < -0.3 is 9.47 Å². The fraction of sp³-hybridized carbons (Fsp3) is 0.0952. The summed E-state index contributed by atoms with van der Waals surface area (Å²) in [4.78, 5) is 23.4. The molecule has 10 heteroatoms. The molecule has 0 aliphatic rings. The summed E-state index contributed by atoms with van der Waals surface area (Å²) in [5.74, 6) is -0.593. The number of nitro benzene ring substituents is 1. The van der Waals surface area contributed by atoms with Gasteiger partial charge in [-0.1, -0.05) is 30.3 Å². The van der Waals surface area contributed by atoms with E-state index in [1.807, 2.05) is 0 Å². The number of carbonyl (C=O) groups excluding carboxylic acids is 1. The number of ether oxygens (including phenoxy) is 2. The molecule has 0 saturated heterocycles. The van der Waals surface area contributed by atoms with Gasteiger partial charge in [0.25, 0.3) is 15.9 Å². The Hall–Kier alpha value is -3.92. The summed E-state index contributed by atoms with van der Waals surface area (Å²) in [6.45, 7) is -0.733. The van der Waals surface area contributed by atoms with Crippen molar-refractivity contribution in [1.29, 1.82) is 0 Å². The van der Waals surface area contributed by atoms with Gasteiger partial charge in [0.15, 0.2) is 12.4 Å². The number of hydrogen-bond acceptors (Lipinski definition) is 7. The number of para-hydroxylation sites is 2. The highest BCUT2D eigenvalue weighted by Crippen LogP contribution is 2.28. The molecule has 1 amide bonds. The highest BCUT2D eigenvalue weighted by molar-refractivity contribution is 7.93. The Kier molecular flexibility index (Phi) is 6.51. The fourth-order valence-corrected chi connectivity index (χ4v) is 4.19. The van der Waals surface area contributed by atoms with E-state index in [1.165, 1.54) is 79.9 Å². The van der Waals surface area contributed by atoms with E-state index in [2.05, 4.69) is 0 Å². The third-order valence-electron chi connectivity index (χ3n) is 4.23. The van der Waals surface area contributed by atoms with E-state index in [-0.39, 0.29) is 22.0 Å². The van der Waals surface area contributed by atoms with Gasteiger partial charge in [0.2, 0.25) is 0 Å². The topological polar surface area (TPSA) is 116 Å². The number of amides is 1. The van der Waals surface area contributed by atoms with E-state index in [0.717, 1.165) is 0 Å². The number of rotatable bonds is 8. The molecule has 0 fully saturated rings. The molecule has 0 aromatic heterocycles. The Bertz CT molecular complexity index is 1180. The molecule has 0 heterocycles. The number of carbonyl (C=O) groups is 1. The highest BCUT2D eigenvalue weighted by atomic mass is 32.2. The van der Waals surface area contributed by atoms with Crippen LogP contribution < -0.4 is 13.8 Å². The molecule has 31 heavy (non-hydrogen) atoms. The second-order valence-corrected chi connectivity index (χ2v) is 7.97. The molecule has 3 aromatic carbocycles. The zero-order valence-electron chi connectivity index (χ0n) is 16.4. The predicted octanol–water partition coefficient (Wildman–Crippen LogP) is 3.40. The molecular formula is C21H18N2O7S. The van der Waals surface area contributed by atoms with Crippen LogP contribution in [0.15, 0.2) is 83.8 Å². The first-order valence-corrected chi connectivity index (χ1v) is 10.4. The molecule has 0 bridgehead atoms. The number of anilines is 1. The molecule has 0 saturated carbocycles. The first-order valence-electron chi connectivity index (χ1n) is 8.98. The van der Waals surface area contributed by atoms with Crippen molar-refractivity contribution in [2.75, 3.05) is 18.0 Å². The number of methoxy groups -OCH3 is 1. The summed E-state index contributed by atoms with van der Waals surface area (Å²) in [6, 6.07) is 18.8. The van der Waals surface area contributed by atoms with Gasteiger partial charge in [0.1, 0.15) is 5.75 Å². The minimum Gasteiger partial charge on any atom is -0.497 e. The van der Waals surface area contributed by atoms with Gasteiger partial charge in [-0.25, -0.2) is 8.42 Å². The second kappa shape index (κ2) is 9.26.